The lowest BCUT2D eigenvalue weighted by molar-refractivity contribution is -0.124. The topological polar surface area (TPSA) is 46.3 Å². The Kier molecular flexibility index (Phi) is 4.54. The molecule has 0 aliphatic heterocycles. The predicted octanol–water partition coefficient (Wildman–Crippen LogP) is 0.370. The van der Waals surface area contributed by atoms with Crippen LogP contribution in [0.4, 0.5) is 0 Å². The van der Waals surface area contributed by atoms with E-state index in [1.165, 1.54) is 4.90 Å². The molecule has 11 heavy (non-hydrogen) atoms. The van der Waals surface area contributed by atoms with Gasteiger partial charge in [0, 0.05) is 19.7 Å². The van der Waals surface area contributed by atoms with Crippen LogP contribution in [0.1, 0.15) is 12.8 Å². The SMILES string of the molecule is C=C(CCCN)C(=O)N(C)C. The van der Waals surface area contributed by atoms with Crippen molar-refractivity contribution in [3.8, 4) is 0 Å². The minimum atomic E-state index is -0.00144. The van der Waals surface area contributed by atoms with Crippen LogP contribution in [0.3, 0.4) is 0 Å². The molecule has 3 nitrogen and oxygen atoms in total. The summed E-state index contributed by atoms with van der Waals surface area (Å²) in [6.45, 7) is 4.28. The molecule has 0 aromatic heterocycles. The van der Waals surface area contributed by atoms with Crippen LogP contribution in [0.5, 0.6) is 0 Å². The molecule has 0 saturated heterocycles. The monoisotopic (exact) mass is 156 g/mol. The van der Waals surface area contributed by atoms with Gasteiger partial charge < -0.3 is 10.6 Å². The first kappa shape index (κ1) is 10.2. The van der Waals surface area contributed by atoms with Gasteiger partial charge in [-0.1, -0.05) is 6.58 Å². The van der Waals surface area contributed by atoms with E-state index in [-0.39, 0.29) is 5.91 Å². The number of rotatable bonds is 4. The molecular weight excluding hydrogens is 140 g/mol. The number of carbonyl (C=O) groups excluding carboxylic acids is 1. The van der Waals surface area contributed by atoms with E-state index >= 15 is 0 Å². The minimum Gasteiger partial charge on any atom is -0.345 e. The molecule has 0 aliphatic rings. The van der Waals surface area contributed by atoms with Crippen LogP contribution in [-0.4, -0.2) is 31.4 Å². The van der Waals surface area contributed by atoms with Crippen LogP contribution in [0, 0.1) is 0 Å². The molecule has 0 rings (SSSR count). The Labute approximate surface area is 67.9 Å². The lowest BCUT2D eigenvalue weighted by atomic mass is 10.1. The molecule has 0 aromatic carbocycles. The fraction of sp³-hybridized carbons (Fsp3) is 0.625. The van der Waals surface area contributed by atoms with Crippen molar-refractivity contribution in [2.24, 2.45) is 5.73 Å². The number of amides is 1. The first-order valence-corrected chi connectivity index (χ1v) is 3.69. The molecule has 0 saturated carbocycles. The van der Waals surface area contributed by atoms with E-state index < -0.39 is 0 Å². The van der Waals surface area contributed by atoms with E-state index in [0.717, 1.165) is 6.42 Å². The summed E-state index contributed by atoms with van der Waals surface area (Å²) in [5.41, 5.74) is 5.93. The highest BCUT2D eigenvalue weighted by atomic mass is 16.2. The first-order valence-electron chi connectivity index (χ1n) is 3.69. The molecule has 64 valence electrons. The molecule has 0 radical (unpaired) electrons. The van der Waals surface area contributed by atoms with Gasteiger partial charge >= 0.3 is 0 Å². The lowest BCUT2D eigenvalue weighted by Crippen LogP contribution is -2.23. The third-order valence-corrected chi connectivity index (χ3v) is 1.39. The molecule has 0 atom stereocenters. The van der Waals surface area contributed by atoms with Crippen LogP contribution >= 0.6 is 0 Å². The quantitative estimate of drug-likeness (QED) is 0.598. The van der Waals surface area contributed by atoms with Crippen molar-refractivity contribution in [1.29, 1.82) is 0 Å². The van der Waals surface area contributed by atoms with Crippen LogP contribution < -0.4 is 5.73 Å². The van der Waals surface area contributed by atoms with Crippen molar-refractivity contribution in [2.45, 2.75) is 12.8 Å². The number of hydrogen-bond donors (Lipinski definition) is 1. The minimum absolute atomic E-state index is 0.00144. The average molecular weight is 156 g/mol. The van der Waals surface area contributed by atoms with Crippen molar-refractivity contribution in [3.63, 3.8) is 0 Å². The molecule has 3 heteroatoms. The largest absolute Gasteiger partial charge is 0.345 e. The fourth-order valence-corrected chi connectivity index (χ4v) is 0.739. The summed E-state index contributed by atoms with van der Waals surface area (Å²) in [7, 11) is 3.44. The average Bonchev–Trinajstić information content (AvgIpc) is 1.98. The molecule has 0 fully saturated rings. The van der Waals surface area contributed by atoms with Crippen LogP contribution in [-0.2, 0) is 4.79 Å². The molecule has 0 aromatic rings. The maximum atomic E-state index is 11.1. The second-order valence-electron chi connectivity index (χ2n) is 2.70. The van der Waals surface area contributed by atoms with Gasteiger partial charge in [-0.15, -0.1) is 0 Å². The lowest BCUT2D eigenvalue weighted by Gasteiger charge is -2.11. The molecule has 0 heterocycles. The van der Waals surface area contributed by atoms with Gasteiger partial charge in [0.05, 0.1) is 0 Å². The van der Waals surface area contributed by atoms with E-state index in [4.69, 9.17) is 5.73 Å². The Hall–Kier alpha value is -0.830. The maximum Gasteiger partial charge on any atom is 0.248 e. The standard InChI is InChI=1S/C8H16N2O/c1-7(5-4-6-9)8(11)10(2)3/h1,4-6,9H2,2-3H3. The van der Waals surface area contributed by atoms with Crippen LogP contribution in [0.15, 0.2) is 12.2 Å². The Morgan fingerprint density at radius 3 is 2.45 bits per heavy atom. The van der Waals surface area contributed by atoms with E-state index in [1.807, 2.05) is 0 Å². The number of nitrogens with two attached hydrogens (primary N) is 1. The highest BCUT2D eigenvalue weighted by Crippen LogP contribution is 2.03. The highest BCUT2D eigenvalue weighted by Gasteiger charge is 2.07. The number of likely N-dealkylation sites (N-methyl/N-ethyl adjacent to an activating group) is 1. The number of carbonyl (C=O) groups is 1. The number of nitrogens with zero attached hydrogens (tertiary/aromatic N) is 1. The van der Waals surface area contributed by atoms with Crippen molar-refractivity contribution in [1.82, 2.24) is 4.90 Å². The van der Waals surface area contributed by atoms with Gasteiger partial charge in [0.2, 0.25) is 5.91 Å². The van der Waals surface area contributed by atoms with Gasteiger partial charge in [-0.2, -0.15) is 0 Å². The highest BCUT2D eigenvalue weighted by molar-refractivity contribution is 5.92. The van der Waals surface area contributed by atoms with Crippen molar-refractivity contribution >= 4 is 5.91 Å². The molecule has 1 amide bonds. The third kappa shape index (κ3) is 3.78. The number of hydrogen-bond acceptors (Lipinski definition) is 2. The maximum absolute atomic E-state index is 11.1. The molecule has 0 bridgehead atoms. The van der Waals surface area contributed by atoms with Crippen LogP contribution in [0.25, 0.3) is 0 Å². The second kappa shape index (κ2) is 4.91. The van der Waals surface area contributed by atoms with E-state index in [0.29, 0.717) is 18.5 Å². The smallest absolute Gasteiger partial charge is 0.248 e. The summed E-state index contributed by atoms with van der Waals surface area (Å²) >= 11 is 0. The van der Waals surface area contributed by atoms with Crippen molar-refractivity contribution in [2.75, 3.05) is 20.6 Å². The summed E-state index contributed by atoms with van der Waals surface area (Å²) in [6.07, 6.45) is 1.53. The molecule has 0 aliphatic carbocycles. The summed E-state index contributed by atoms with van der Waals surface area (Å²) in [5, 5.41) is 0. The Bertz CT molecular complexity index is 152. The van der Waals surface area contributed by atoms with Gasteiger partial charge in [-0.25, -0.2) is 0 Å². The van der Waals surface area contributed by atoms with Crippen molar-refractivity contribution < 1.29 is 4.79 Å². The Morgan fingerprint density at radius 2 is 2.09 bits per heavy atom. The normalized spacial score (nSPS) is 9.36. The zero-order valence-electron chi connectivity index (χ0n) is 7.26. The summed E-state index contributed by atoms with van der Waals surface area (Å²) in [4.78, 5) is 12.7. The summed E-state index contributed by atoms with van der Waals surface area (Å²) < 4.78 is 0. The summed E-state index contributed by atoms with van der Waals surface area (Å²) in [5.74, 6) is -0.00144. The predicted molar refractivity (Wildman–Crippen MR) is 46.1 cm³/mol. The molecule has 2 N–H and O–H groups in total. The molecule has 0 unspecified atom stereocenters. The van der Waals surface area contributed by atoms with Crippen LogP contribution in [0.2, 0.25) is 0 Å². The van der Waals surface area contributed by atoms with Gasteiger partial charge in [0.25, 0.3) is 0 Å². The van der Waals surface area contributed by atoms with E-state index in [1.54, 1.807) is 14.1 Å². The zero-order valence-corrected chi connectivity index (χ0v) is 7.26. The molecular formula is C8H16N2O. The van der Waals surface area contributed by atoms with Crippen molar-refractivity contribution in [3.05, 3.63) is 12.2 Å². The second-order valence-corrected chi connectivity index (χ2v) is 2.70. The Balaban J connectivity index is 3.75. The Morgan fingerprint density at radius 1 is 1.55 bits per heavy atom. The van der Waals surface area contributed by atoms with E-state index in [9.17, 15) is 4.79 Å². The first-order chi connectivity index (χ1) is 5.09. The fourth-order valence-electron chi connectivity index (χ4n) is 0.739. The zero-order chi connectivity index (χ0) is 8.85. The van der Waals surface area contributed by atoms with Gasteiger partial charge in [-0.05, 0) is 19.4 Å². The van der Waals surface area contributed by atoms with Gasteiger partial charge in [0.15, 0.2) is 0 Å². The summed E-state index contributed by atoms with van der Waals surface area (Å²) in [6, 6.07) is 0. The van der Waals surface area contributed by atoms with Gasteiger partial charge in [0.1, 0.15) is 0 Å². The van der Waals surface area contributed by atoms with E-state index in [2.05, 4.69) is 6.58 Å². The van der Waals surface area contributed by atoms with Gasteiger partial charge in [-0.3, -0.25) is 4.79 Å². The third-order valence-electron chi connectivity index (χ3n) is 1.39. The molecule has 0 spiro atoms.